The van der Waals surface area contributed by atoms with Crippen LogP contribution < -0.4 is 0 Å². The molecular formula is C23H22O2. The van der Waals surface area contributed by atoms with Crippen molar-refractivity contribution >= 4 is 5.78 Å². The van der Waals surface area contributed by atoms with Gasteiger partial charge in [-0.1, -0.05) is 91.0 Å². The lowest BCUT2D eigenvalue weighted by Gasteiger charge is -2.22. The van der Waals surface area contributed by atoms with Gasteiger partial charge in [0.05, 0.1) is 12.0 Å². The Morgan fingerprint density at radius 2 is 1.28 bits per heavy atom. The summed E-state index contributed by atoms with van der Waals surface area (Å²) < 4.78 is 0. The van der Waals surface area contributed by atoms with Crippen molar-refractivity contribution in [1.29, 1.82) is 0 Å². The molecule has 25 heavy (non-hydrogen) atoms. The number of ketones is 1. The maximum atomic E-state index is 13.0. The van der Waals surface area contributed by atoms with Gasteiger partial charge in [0.15, 0.2) is 5.78 Å². The molecule has 0 spiro atoms. The number of benzene rings is 3. The van der Waals surface area contributed by atoms with Crippen LogP contribution in [0.25, 0.3) is 0 Å². The minimum Gasteiger partial charge on any atom is -0.388 e. The molecule has 3 rings (SSSR count). The summed E-state index contributed by atoms with van der Waals surface area (Å²) in [7, 11) is 0. The van der Waals surface area contributed by atoms with Gasteiger partial charge in [0.1, 0.15) is 0 Å². The number of hydrogen-bond acceptors (Lipinski definition) is 2. The first-order chi connectivity index (χ1) is 12.3. The van der Waals surface area contributed by atoms with Crippen molar-refractivity contribution < 1.29 is 9.90 Å². The number of carbonyl (C=O) groups is 1. The second-order valence-corrected chi connectivity index (χ2v) is 6.22. The Bertz CT molecular complexity index is 782. The van der Waals surface area contributed by atoms with E-state index in [-0.39, 0.29) is 5.78 Å². The Kier molecular flexibility index (Phi) is 5.76. The fourth-order valence-corrected chi connectivity index (χ4v) is 3.10. The molecular weight excluding hydrogens is 308 g/mol. The third-order valence-corrected chi connectivity index (χ3v) is 4.50. The molecule has 0 radical (unpaired) electrons. The van der Waals surface area contributed by atoms with Gasteiger partial charge in [0.25, 0.3) is 0 Å². The molecule has 0 saturated heterocycles. The standard InChI is InChI=1S/C23H22O2/c24-22(19-12-6-2-7-13-19)21(17-16-18-10-4-1-5-11-18)23(25)20-14-8-3-9-15-20/h1-15,21-22,24H,16-17H2/t21-,22-/m1/s1. The van der Waals surface area contributed by atoms with E-state index >= 15 is 0 Å². The molecule has 3 aromatic carbocycles. The molecule has 0 aliphatic carbocycles. The van der Waals surface area contributed by atoms with Gasteiger partial charge in [-0.3, -0.25) is 4.79 Å². The first-order valence-electron chi connectivity index (χ1n) is 8.62. The molecule has 0 bridgehead atoms. The van der Waals surface area contributed by atoms with Crippen LogP contribution >= 0.6 is 0 Å². The number of rotatable bonds is 7. The molecule has 0 aromatic heterocycles. The molecule has 2 nitrogen and oxygen atoms in total. The van der Waals surface area contributed by atoms with Crippen molar-refractivity contribution in [1.82, 2.24) is 0 Å². The molecule has 0 aliphatic rings. The van der Waals surface area contributed by atoms with Crippen LogP contribution in [-0.4, -0.2) is 10.9 Å². The molecule has 3 aromatic rings. The molecule has 1 N–H and O–H groups in total. The zero-order valence-corrected chi connectivity index (χ0v) is 14.1. The number of aliphatic hydroxyl groups excluding tert-OH is 1. The van der Waals surface area contributed by atoms with Crippen LogP contribution in [0.3, 0.4) is 0 Å². The molecule has 0 fully saturated rings. The van der Waals surface area contributed by atoms with Gasteiger partial charge in [-0.15, -0.1) is 0 Å². The second-order valence-electron chi connectivity index (χ2n) is 6.22. The molecule has 0 saturated carbocycles. The number of aliphatic hydroxyl groups is 1. The van der Waals surface area contributed by atoms with Gasteiger partial charge >= 0.3 is 0 Å². The fourth-order valence-electron chi connectivity index (χ4n) is 3.10. The quantitative estimate of drug-likeness (QED) is 0.629. The third kappa shape index (κ3) is 4.43. The Morgan fingerprint density at radius 1 is 0.760 bits per heavy atom. The van der Waals surface area contributed by atoms with E-state index in [1.807, 2.05) is 78.9 Å². The van der Waals surface area contributed by atoms with E-state index < -0.39 is 12.0 Å². The summed E-state index contributed by atoms with van der Waals surface area (Å²) >= 11 is 0. The largest absolute Gasteiger partial charge is 0.388 e. The molecule has 2 heteroatoms. The highest BCUT2D eigenvalue weighted by Crippen LogP contribution is 2.29. The van der Waals surface area contributed by atoms with E-state index in [0.29, 0.717) is 12.0 Å². The smallest absolute Gasteiger partial charge is 0.168 e. The Labute approximate surface area is 148 Å². The third-order valence-electron chi connectivity index (χ3n) is 4.50. The highest BCUT2D eigenvalue weighted by atomic mass is 16.3. The lowest BCUT2D eigenvalue weighted by Crippen LogP contribution is -2.23. The van der Waals surface area contributed by atoms with Crippen LogP contribution in [0.1, 0.15) is 34.0 Å². The van der Waals surface area contributed by atoms with E-state index in [1.165, 1.54) is 5.56 Å². The van der Waals surface area contributed by atoms with Crippen molar-refractivity contribution in [3.8, 4) is 0 Å². The second kappa shape index (κ2) is 8.41. The molecule has 2 atom stereocenters. The molecule has 0 heterocycles. The summed E-state index contributed by atoms with van der Waals surface area (Å²) in [4.78, 5) is 13.0. The summed E-state index contributed by atoms with van der Waals surface area (Å²) in [5.41, 5.74) is 2.61. The Morgan fingerprint density at radius 3 is 1.88 bits per heavy atom. The first-order valence-corrected chi connectivity index (χ1v) is 8.62. The van der Waals surface area contributed by atoms with Crippen molar-refractivity contribution in [3.05, 3.63) is 108 Å². The summed E-state index contributed by atoms with van der Waals surface area (Å²) in [6, 6.07) is 28.8. The summed E-state index contributed by atoms with van der Waals surface area (Å²) in [6.45, 7) is 0. The highest BCUT2D eigenvalue weighted by Gasteiger charge is 2.28. The minimum absolute atomic E-state index is 0.00659. The minimum atomic E-state index is -0.808. The van der Waals surface area contributed by atoms with Crippen LogP contribution in [-0.2, 0) is 6.42 Å². The maximum absolute atomic E-state index is 13.0. The summed E-state index contributed by atoms with van der Waals surface area (Å²) in [5.74, 6) is -0.474. The van der Waals surface area contributed by atoms with Gasteiger partial charge in [-0.25, -0.2) is 0 Å². The van der Waals surface area contributed by atoms with E-state index in [4.69, 9.17) is 0 Å². The van der Waals surface area contributed by atoms with Gasteiger partial charge < -0.3 is 5.11 Å². The van der Waals surface area contributed by atoms with Crippen molar-refractivity contribution in [3.63, 3.8) is 0 Å². The van der Waals surface area contributed by atoms with Crippen LogP contribution in [0.5, 0.6) is 0 Å². The lowest BCUT2D eigenvalue weighted by atomic mass is 9.84. The molecule has 0 amide bonds. The van der Waals surface area contributed by atoms with Gasteiger partial charge in [-0.2, -0.15) is 0 Å². The van der Waals surface area contributed by atoms with Crippen molar-refractivity contribution in [2.45, 2.75) is 18.9 Å². The fraction of sp³-hybridized carbons (Fsp3) is 0.174. The van der Waals surface area contributed by atoms with E-state index in [2.05, 4.69) is 12.1 Å². The average molecular weight is 330 g/mol. The monoisotopic (exact) mass is 330 g/mol. The predicted molar refractivity (Wildman–Crippen MR) is 100 cm³/mol. The zero-order chi connectivity index (χ0) is 17.5. The average Bonchev–Trinajstić information content (AvgIpc) is 2.70. The lowest BCUT2D eigenvalue weighted by molar-refractivity contribution is 0.0657. The van der Waals surface area contributed by atoms with Crippen LogP contribution in [0.15, 0.2) is 91.0 Å². The van der Waals surface area contributed by atoms with Crippen LogP contribution in [0, 0.1) is 5.92 Å². The summed E-state index contributed by atoms with van der Waals surface area (Å²) in [6.07, 6.45) is 0.555. The van der Waals surface area contributed by atoms with E-state index in [1.54, 1.807) is 0 Å². The zero-order valence-electron chi connectivity index (χ0n) is 14.1. The molecule has 0 aliphatic heterocycles. The number of aryl methyl sites for hydroxylation is 1. The summed E-state index contributed by atoms with van der Waals surface area (Å²) in [5, 5.41) is 10.9. The molecule has 0 unspecified atom stereocenters. The van der Waals surface area contributed by atoms with Crippen LogP contribution in [0.2, 0.25) is 0 Å². The number of carbonyl (C=O) groups excluding carboxylic acids is 1. The van der Waals surface area contributed by atoms with Gasteiger partial charge in [0, 0.05) is 5.56 Å². The topological polar surface area (TPSA) is 37.3 Å². The number of Topliss-reactive ketones (excluding diaryl/α,β-unsaturated/α-hetero) is 1. The van der Waals surface area contributed by atoms with Crippen LogP contribution in [0.4, 0.5) is 0 Å². The normalized spacial score (nSPS) is 13.2. The Balaban J connectivity index is 1.84. The number of hydrogen-bond donors (Lipinski definition) is 1. The van der Waals surface area contributed by atoms with Crippen molar-refractivity contribution in [2.75, 3.05) is 0 Å². The van der Waals surface area contributed by atoms with Gasteiger partial charge in [0.2, 0.25) is 0 Å². The highest BCUT2D eigenvalue weighted by molar-refractivity contribution is 5.98. The molecule has 126 valence electrons. The van der Waals surface area contributed by atoms with E-state index in [9.17, 15) is 9.90 Å². The SMILES string of the molecule is O=C(c1ccccc1)[C@H](CCc1ccccc1)[C@H](O)c1ccccc1. The predicted octanol–water partition coefficient (Wildman–Crippen LogP) is 4.85. The van der Waals surface area contributed by atoms with E-state index in [0.717, 1.165) is 12.0 Å². The van der Waals surface area contributed by atoms with Gasteiger partial charge in [-0.05, 0) is 24.0 Å². The maximum Gasteiger partial charge on any atom is 0.168 e. The van der Waals surface area contributed by atoms with Crippen molar-refractivity contribution in [2.24, 2.45) is 5.92 Å². The first kappa shape index (κ1) is 17.1. The Hall–Kier alpha value is -2.71.